The van der Waals surface area contributed by atoms with Crippen molar-refractivity contribution in [2.75, 3.05) is 14.2 Å². The van der Waals surface area contributed by atoms with Gasteiger partial charge in [0.25, 0.3) is 0 Å². The third-order valence-corrected chi connectivity index (χ3v) is 4.51. The molecule has 0 amide bonds. The molecule has 2 N–H and O–H groups in total. The van der Waals surface area contributed by atoms with Crippen molar-refractivity contribution < 1.29 is 9.47 Å². The first-order valence-electron chi connectivity index (χ1n) is 7.46. The first kappa shape index (κ1) is 16.4. The van der Waals surface area contributed by atoms with Crippen molar-refractivity contribution in [3.05, 3.63) is 57.6 Å². The lowest BCUT2D eigenvalue weighted by Gasteiger charge is -2.24. The molecule has 2 rings (SSSR count). The molecule has 1 unspecified atom stereocenters. The molecule has 118 valence electrons. The van der Waals surface area contributed by atoms with Gasteiger partial charge in [-0.25, -0.2) is 0 Å². The second-order valence-corrected chi connectivity index (χ2v) is 5.73. The minimum Gasteiger partial charge on any atom is -0.496 e. The van der Waals surface area contributed by atoms with Gasteiger partial charge in [-0.15, -0.1) is 0 Å². The molecule has 2 aromatic rings. The molecule has 0 aliphatic heterocycles. The quantitative estimate of drug-likeness (QED) is 0.928. The average Bonchev–Trinajstić information content (AvgIpc) is 2.52. The Morgan fingerprint density at radius 2 is 1.27 bits per heavy atom. The molecule has 1 atom stereocenters. The van der Waals surface area contributed by atoms with Gasteiger partial charge >= 0.3 is 0 Å². The van der Waals surface area contributed by atoms with Crippen LogP contribution >= 0.6 is 0 Å². The smallest absolute Gasteiger partial charge is 0.127 e. The summed E-state index contributed by atoms with van der Waals surface area (Å²) in [4.78, 5) is 0. The standard InChI is InChI=1S/C19H25NO2/c1-11-10-12(2)14(4)17(13(11)3)19(20)18-15(21-5)8-7-9-16(18)22-6/h7-10,19H,20H2,1-6H3. The fourth-order valence-corrected chi connectivity index (χ4v) is 3.04. The highest BCUT2D eigenvalue weighted by Crippen LogP contribution is 2.39. The zero-order valence-corrected chi connectivity index (χ0v) is 14.3. The SMILES string of the molecule is COc1cccc(OC)c1C(N)c1c(C)c(C)cc(C)c1C. The number of benzene rings is 2. The van der Waals surface area contributed by atoms with E-state index in [0.29, 0.717) is 0 Å². The van der Waals surface area contributed by atoms with Crippen LogP contribution in [0.25, 0.3) is 0 Å². The lowest BCUT2D eigenvalue weighted by molar-refractivity contribution is 0.382. The van der Waals surface area contributed by atoms with Crippen molar-refractivity contribution in [3.8, 4) is 11.5 Å². The first-order chi connectivity index (χ1) is 10.4. The van der Waals surface area contributed by atoms with Crippen molar-refractivity contribution in [3.63, 3.8) is 0 Å². The Bertz CT molecular complexity index is 644. The van der Waals surface area contributed by atoms with E-state index in [1.54, 1.807) is 14.2 Å². The maximum absolute atomic E-state index is 6.65. The van der Waals surface area contributed by atoms with Gasteiger partial charge in [0.05, 0.1) is 25.8 Å². The summed E-state index contributed by atoms with van der Waals surface area (Å²) in [5.41, 5.74) is 13.6. The van der Waals surface area contributed by atoms with Crippen LogP contribution in [0.15, 0.2) is 24.3 Å². The van der Waals surface area contributed by atoms with Gasteiger partial charge in [0, 0.05) is 0 Å². The molecule has 0 radical (unpaired) electrons. The van der Waals surface area contributed by atoms with E-state index in [9.17, 15) is 0 Å². The largest absolute Gasteiger partial charge is 0.496 e. The van der Waals surface area contributed by atoms with Crippen molar-refractivity contribution >= 4 is 0 Å². The molecular weight excluding hydrogens is 274 g/mol. The van der Waals surface area contributed by atoms with Crippen LogP contribution in [-0.4, -0.2) is 14.2 Å². The summed E-state index contributed by atoms with van der Waals surface area (Å²) < 4.78 is 11.0. The van der Waals surface area contributed by atoms with E-state index >= 15 is 0 Å². The number of hydrogen-bond donors (Lipinski definition) is 1. The summed E-state index contributed by atoms with van der Waals surface area (Å²) in [6, 6.07) is 7.68. The molecule has 0 aliphatic carbocycles. The number of hydrogen-bond acceptors (Lipinski definition) is 3. The number of methoxy groups -OCH3 is 2. The van der Waals surface area contributed by atoms with Crippen LogP contribution in [-0.2, 0) is 0 Å². The lowest BCUT2D eigenvalue weighted by Crippen LogP contribution is -2.18. The highest BCUT2D eigenvalue weighted by atomic mass is 16.5. The molecule has 3 heteroatoms. The van der Waals surface area contributed by atoms with Crippen LogP contribution in [0.5, 0.6) is 11.5 Å². The van der Waals surface area contributed by atoms with Crippen LogP contribution in [0, 0.1) is 27.7 Å². The maximum Gasteiger partial charge on any atom is 0.127 e. The zero-order valence-electron chi connectivity index (χ0n) is 14.3. The van der Waals surface area contributed by atoms with E-state index in [-0.39, 0.29) is 6.04 Å². The van der Waals surface area contributed by atoms with Gasteiger partial charge in [-0.05, 0) is 67.6 Å². The summed E-state index contributed by atoms with van der Waals surface area (Å²) in [6.07, 6.45) is 0. The lowest BCUT2D eigenvalue weighted by atomic mass is 9.86. The normalized spacial score (nSPS) is 12.1. The fourth-order valence-electron chi connectivity index (χ4n) is 3.04. The summed E-state index contributed by atoms with van der Waals surface area (Å²) in [6.45, 7) is 8.49. The Morgan fingerprint density at radius 1 is 0.818 bits per heavy atom. The molecule has 0 heterocycles. The first-order valence-corrected chi connectivity index (χ1v) is 7.46. The molecule has 0 saturated carbocycles. The molecular formula is C19H25NO2. The monoisotopic (exact) mass is 299 g/mol. The Labute approximate surface area is 133 Å². The summed E-state index contributed by atoms with van der Waals surface area (Å²) >= 11 is 0. The second kappa shape index (κ2) is 6.41. The van der Waals surface area contributed by atoms with Gasteiger partial charge in [-0.1, -0.05) is 12.1 Å². The minimum absolute atomic E-state index is 0.287. The predicted molar refractivity (Wildman–Crippen MR) is 91.0 cm³/mol. The third-order valence-electron chi connectivity index (χ3n) is 4.51. The zero-order chi connectivity index (χ0) is 16.4. The van der Waals surface area contributed by atoms with Crippen LogP contribution in [0.4, 0.5) is 0 Å². The number of nitrogens with two attached hydrogens (primary N) is 1. The van der Waals surface area contributed by atoms with Crippen molar-refractivity contribution in [2.45, 2.75) is 33.7 Å². The van der Waals surface area contributed by atoms with Gasteiger partial charge < -0.3 is 15.2 Å². The molecule has 2 aromatic carbocycles. The van der Waals surface area contributed by atoms with E-state index < -0.39 is 0 Å². The van der Waals surface area contributed by atoms with Crippen molar-refractivity contribution in [1.82, 2.24) is 0 Å². The maximum atomic E-state index is 6.65. The summed E-state index contributed by atoms with van der Waals surface area (Å²) in [7, 11) is 3.32. The number of ether oxygens (including phenoxy) is 2. The molecule has 0 bridgehead atoms. The molecule has 22 heavy (non-hydrogen) atoms. The van der Waals surface area contributed by atoms with E-state index in [2.05, 4.69) is 33.8 Å². The van der Waals surface area contributed by atoms with Crippen molar-refractivity contribution in [2.24, 2.45) is 5.73 Å². The van der Waals surface area contributed by atoms with Gasteiger partial charge in [0.2, 0.25) is 0 Å². The third kappa shape index (κ3) is 2.69. The number of aryl methyl sites for hydroxylation is 2. The van der Waals surface area contributed by atoms with E-state index in [4.69, 9.17) is 15.2 Å². The average molecular weight is 299 g/mol. The van der Waals surface area contributed by atoms with E-state index in [0.717, 1.165) is 22.6 Å². The molecule has 0 fully saturated rings. The summed E-state index contributed by atoms with van der Waals surface area (Å²) in [5, 5.41) is 0. The molecule has 0 aliphatic rings. The van der Waals surface area contributed by atoms with Gasteiger partial charge in [-0.3, -0.25) is 0 Å². The Balaban J connectivity index is 2.71. The second-order valence-electron chi connectivity index (χ2n) is 5.73. The van der Waals surface area contributed by atoms with Crippen LogP contribution in [0.1, 0.15) is 39.4 Å². The van der Waals surface area contributed by atoms with Crippen LogP contribution in [0.2, 0.25) is 0 Å². The van der Waals surface area contributed by atoms with Crippen LogP contribution in [0.3, 0.4) is 0 Å². The Kier molecular flexibility index (Phi) is 4.77. The Morgan fingerprint density at radius 3 is 1.68 bits per heavy atom. The fraction of sp³-hybridized carbons (Fsp3) is 0.368. The van der Waals surface area contributed by atoms with Gasteiger partial charge in [0.1, 0.15) is 11.5 Å². The highest BCUT2D eigenvalue weighted by molar-refractivity contribution is 5.55. The topological polar surface area (TPSA) is 44.5 Å². The predicted octanol–water partition coefficient (Wildman–Crippen LogP) is 3.99. The Hall–Kier alpha value is -2.00. The van der Waals surface area contributed by atoms with Crippen molar-refractivity contribution in [1.29, 1.82) is 0 Å². The molecule has 0 saturated heterocycles. The molecule has 0 aromatic heterocycles. The van der Waals surface area contributed by atoms with E-state index in [1.807, 2.05) is 18.2 Å². The van der Waals surface area contributed by atoms with E-state index in [1.165, 1.54) is 22.3 Å². The summed E-state index contributed by atoms with van der Waals surface area (Å²) in [5.74, 6) is 1.51. The number of rotatable bonds is 4. The molecule has 0 spiro atoms. The highest BCUT2D eigenvalue weighted by Gasteiger charge is 2.23. The van der Waals surface area contributed by atoms with Crippen LogP contribution < -0.4 is 15.2 Å². The van der Waals surface area contributed by atoms with Gasteiger partial charge in [-0.2, -0.15) is 0 Å². The van der Waals surface area contributed by atoms with Gasteiger partial charge in [0.15, 0.2) is 0 Å². The molecule has 3 nitrogen and oxygen atoms in total. The minimum atomic E-state index is -0.287.